The molecule has 0 unspecified atom stereocenters. The predicted molar refractivity (Wildman–Crippen MR) is 422 cm³/mol. The van der Waals surface area contributed by atoms with Gasteiger partial charge in [-0.3, -0.25) is 0 Å². The van der Waals surface area contributed by atoms with E-state index in [2.05, 4.69) is 192 Å². The fourth-order valence-corrected chi connectivity index (χ4v) is 14.3. The summed E-state index contributed by atoms with van der Waals surface area (Å²) in [5.41, 5.74) is 9.36. The smallest absolute Gasteiger partial charge is 0.159 e. The van der Waals surface area contributed by atoms with E-state index in [1.54, 1.807) is 0 Å². The molecule has 96 heavy (non-hydrogen) atoms. The Balaban J connectivity index is 0.000000233. The van der Waals surface area contributed by atoms with Crippen LogP contribution in [0.5, 0.6) is 0 Å². The number of benzene rings is 4. The maximum Gasteiger partial charge on any atom is 0.159 e. The Kier molecular flexibility index (Phi) is 45.3. The first kappa shape index (κ1) is 81.3. The highest BCUT2D eigenvalue weighted by Gasteiger charge is 2.08. The molecular weight excluding hydrogens is 1250 g/mol. The zero-order valence-electron chi connectivity index (χ0n) is 60.5. The number of hydrogen-bond acceptors (Lipinski definition) is 12. The summed E-state index contributed by atoms with van der Waals surface area (Å²) in [4.78, 5) is 41.6. The molecule has 0 fully saturated rings. The fraction of sp³-hybridized carbons (Fsp3) is 0.524. The molecule has 0 aliphatic heterocycles. The highest BCUT2D eigenvalue weighted by Crippen LogP contribution is 2.28. The molecule has 8 nitrogen and oxygen atoms in total. The van der Waals surface area contributed by atoms with Gasteiger partial charge in [-0.15, -0.1) is 47.0 Å². The average molecular weight is 1370 g/mol. The van der Waals surface area contributed by atoms with Gasteiger partial charge in [0.25, 0.3) is 0 Å². The molecule has 0 aliphatic carbocycles. The SMILES string of the molecule is CCCCCCCCCCc1cnc(-c2ccc(SCCCC)cc2)nc1.CCCCCCCCCc1cnc(-c2ccc(SCCCC)cc2)nc1.CCCCCSc1ccc(-c2ncc(CCC)cn2)cc1.CCCCCSc1ccc(-c2ncc(CCCC)cn2)cc1. The van der Waals surface area contributed by atoms with Crippen LogP contribution in [0.3, 0.4) is 0 Å². The summed E-state index contributed by atoms with van der Waals surface area (Å²) in [6.45, 7) is 17.9. The zero-order valence-corrected chi connectivity index (χ0v) is 63.8. The van der Waals surface area contributed by atoms with Crippen molar-refractivity contribution in [3.63, 3.8) is 0 Å². The quantitative estimate of drug-likeness (QED) is 0.0268. The lowest BCUT2D eigenvalue weighted by molar-refractivity contribution is 0.575. The standard InChI is InChI=1S/C24H36N2S.C23H34N2S.C19H26N2S.C18H24N2S/c1-3-5-7-8-9-10-11-12-13-21-19-25-24(26-20-21)22-14-16-23(17-15-22)27-18-6-4-2;1-3-5-7-8-9-10-11-12-20-18-24-23(25-19-20)21-13-15-22(16-14-21)26-17-6-4-2;1-3-5-7-13-22-18-11-9-17(10-12-18)19-20-14-16(15-21-19)8-6-4-2;1-3-5-6-12-21-17-10-8-16(9-11-17)18-19-13-15(7-4-2)14-20-18/h14-17,19-20H,3-13,18H2,1-2H3;13-16,18-19H,3-12,17H2,1-2H3;9-12,14-15H,3-8,13H2,1-2H3;8-11,13-14H,3-7,12H2,1-2H3. The van der Waals surface area contributed by atoms with Crippen molar-refractivity contribution in [1.82, 2.24) is 39.9 Å². The average Bonchev–Trinajstić information content (AvgIpc) is 2.35. The molecule has 0 spiro atoms. The van der Waals surface area contributed by atoms with Gasteiger partial charge in [0, 0.05) is 91.4 Å². The highest BCUT2D eigenvalue weighted by atomic mass is 32.2. The summed E-state index contributed by atoms with van der Waals surface area (Å²) in [5, 5.41) is 0. The molecule has 12 heteroatoms. The van der Waals surface area contributed by atoms with Gasteiger partial charge < -0.3 is 0 Å². The third-order valence-corrected chi connectivity index (χ3v) is 21.0. The van der Waals surface area contributed by atoms with Crippen molar-refractivity contribution in [3.05, 3.63) is 169 Å². The van der Waals surface area contributed by atoms with E-state index in [0.29, 0.717) is 0 Å². The maximum absolute atomic E-state index is 4.58. The lowest BCUT2D eigenvalue weighted by Gasteiger charge is -2.05. The van der Waals surface area contributed by atoms with Gasteiger partial charge in [0.1, 0.15) is 0 Å². The van der Waals surface area contributed by atoms with Gasteiger partial charge in [-0.2, -0.15) is 0 Å². The van der Waals surface area contributed by atoms with Crippen LogP contribution in [0.4, 0.5) is 0 Å². The van der Waals surface area contributed by atoms with Crippen molar-refractivity contribution in [2.45, 2.75) is 280 Å². The minimum Gasteiger partial charge on any atom is -0.236 e. The van der Waals surface area contributed by atoms with Gasteiger partial charge in [-0.1, -0.05) is 239 Å². The van der Waals surface area contributed by atoms with Gasteiger partial charge >= 0.3 is 0 Å². The van der Waals surface area contributed by atoms with Crippen LogP contribution in [-0.2, 0) is 25.7 Å². The van der Waals surface area contributed by atoms with E-state index < -0.39 is 0 Å². The van der Waals surface area contributed by atoms with Crippen molar-refractivity contribution in [2.24, 2.45) is 0 Å². The van der Waals surface area contributed by atoms with E-state index >= 15 is 0 Å². The van der Waals surface area contributed by atoms with E-state index in [9.17, 15) is 0 Å². The number of hydrogen-bond donors (Lipinski definition) is 0. The van der Waals surface area contributed by atoms with Crippen molar-refractivity contribution in [2.75, 3.05) is 23.0 Å². The van der Waals surface area contributed by atoms with Crippen molar-refractivity contribution in [1.29, 1.82) is 0 Å². The summed E-state index contributed by atoms with van der Waals surface area (Å²) in [7, 11) is 0. The number of unbranched alkanes of at least 4 members (excludes halogenated alkanes) is 20. The summed E-state index contributed by atoms with van der Waals surface area (Å²) >= 11 is 7.72. The monoisotopic (exact) mass is 1370 g/mol. The first-order valence-corrected chi connectivity index (χ1v) is 41.4. The van der Waals surface area contributed by atoms with Crippen LogP contribution in [0.25, 0.3) is 45.6 Å². The molecule has 0 atom stereocenters. The molecule has 0 amide bonds. The van der Waals surface area contributed by atoms with Gasteiger partial charge in [0.2, 0.25) is 0 Å². The second kappa shape index (κ2) is 53.6. The lowest BCUT2D eigenvalue weighted by atomic mass is 10.1. The molecule has 0 bridgehead atoms. The van der Waals surface area contributed by atoms with Crippen LogP contribution in [0.2, 0.25) is 0 Å². The third-order valence-electron chi connectivity index (χ3n) is 16.6. The van der Waals surface area contributed by atoms with Crippen LogP contribution < -0.4 is 0 Å². The second-order valence-corrected chi connectivity index (χ2v) is 29.9. The van der Waals surface area contributed by atoms with Crippen LogP contribution in [0.15, 0.2) is 166 Å². The van der Waals surface area contributed by atoms with E-state index in [1.165, 1.54) is 238 Å². The molecule has 4 heterocycles. The Morgan fingerprint density at radius 1 is 0.198 bits per heavy atom. The normalized spacial score (nSPS) is 10.9. The van der Waals surface area contributed by atoms with Gasteiger partial charge in [0.05, 0.1) is 0 Å². The highest BCUT2D eigenvalue weighted by molar-refractivity contribution is 8.00. The fourth-order valence-electron chi connectivity index (χ4n) is 10.5. The van der Waals surface area contributed by atoms with Crippen molar-refractivity contribution >= 4 is 47.0 Å². The first-order valence-electron chi connectivity index (χ1n) is 37.5. The van der Waals surface area contributed by atoms with Gasteiger partial charge in [0.15, 0.2) is 23.3 Å². The Morgan fingerprint density at radius 2 is 0.406 bits per heavy atom. The number of thioether (sulfide) groups is 4. The van der Waals surface area contributed by atoms with Crippen molar-refractivity contribution < 1.29 is 0 Å². The molecule has 0 radical (unpaired) electrons. The zero-order chi connectivity index (χ0) is 68.1. The molecule has 0 saturated heterocycles. The molecular formula is C84H120N8S4. The lowest BCUT2D eigenvalue weighted by Crippen LogP contribution is -1.93. The summed E-state index contributed by atoms with van der Waals surface area (Å²) in [5.74, 6) is 8.10. The minimum atomic E-state index is 0.817. The number of nitrogens with zero attached hydrogens (tertiary/aromatic N) is 8. The van der Waals surface area contributed by atoms with Crippen LogP contribution in [-0.4, -0.2) is 62.9 Å². The van der Waals surface area contributed by atoms with Gasteiger partial charge in [-0.25, -0.2) is 39.9 Å². The topological polar surface area (TPSA) is 103 Å². The van der Waals surface area contributed by atoms with Gasteiger partial charge in [-0.05, 0) is 164 Å². The van der Waals surface area contributed by atoms with E-state index in [0.717, 1.165) is 77.7 Å². The number of rotatable bonds is 44. The predicted octanol–water partition coefficient (Wildman–Crippen LogP) is 26.2. The van der Waals surface area contributed by atoms with Crippen LogP contribution >= 0.6 is 47.0 Å². The Morgan fingerprint density at radius 3 is 0.656 bits per heavy atom. The summed E-state index contributed by atoms with van der Waals surface area (Å²) in [6, 6.07) is 34.5. The largest absolute Gasteiger partial charge is 0.236 e. The third kappa shape index (κ3) is 35.4. The Labute approximate surface area is 600 Å². The molecule has 0 N–H and O–H groups in total. The number of aromatic nitrogens is 8. The Bertz CT molecular complexity index is 3110. The molecule has 0 aliphatic rings. The maximum atomic E-state index is 4.58. The molecule has 4 aromatic carbocycles. The molecule has 8 rings (SSSR count). The van der Waals surface area contributed by atoms with E-state index in [1.807, 2.05) is 96.6 Å². The number of aryl methyl sites for hydroxylation is 4. The van der Waals surface area contributed by atoms with Crippen molar-refractivity contribution in [3.8, 4) is 45.6 Å². The minimum absolute atomic E-state index is 0.817. The molecule has 8 aromatic rings. The molecule has 0 saturated carbocycles. The first-order chi connectivity index (χ1) is 47.3. The van der Waals surface area contributed by atoms with Crippen LogP contribution in [0, 0.1) is 0 Å². The van der Waals surface area contributed by atoms with E-state index in [-0.39, 0.29) is 0 Å². The molecule has 4 aromatic heterocycles. The second-order valence-electron chi connectivity index (χ2n) is 25.2. The Hall–Kier alpha value is -5.40. The molecule has 520 valence electrons. The van der Waals surface area contributed by atoms with Crippen LogP contribution in [0.1, 0.15) is 257 Å². The summed E-state index contributed by atoms with van der Waals surface area (Å²) in [6.07, 6.45) is 56.8. The van der Waals surface area contributed by atoms with E-state index in [4.69, 9.17) is 0 Å². The summed E-state index contributed by atoms with van der Waals surface area (Å²) < 4.78 is 0.